The molecule has 1 heterocycles. The number of aromatic nitrogens is 2. The van der Waals surface area contributed by atoms with Gasteiger partial charge in [-0.05, 0) is 43.6 Å². The van der Waals surface area contributed by atoms with Crippen molar-refractivity contribution in [1.82, 2.24) is 19.8 Å². The molecule has 96 valence electrons. The minimum atomic E-state index is 0.0486. The molecule has 0 saturated heterocycles. The van der Waals surface area contributed by atoms with Gasteiger partial charge in [-0.2, -0.15) is 0 Å². The molecule has 6 heteroatoms. The first-order valence-electron chi connectivity index (χ1n) is 5.59. The number of halogens is 1. The van der Waals surface area contributed by atoms with Gasteiger partial charge in [-0.15, -0.1) is 0 Å². The highest BCUT2D eigenvalue weighted by molar-refractivity contribution is 14.1. The van der Waals surface area contributed by atoms with E-state index >= 15 is 0 Å². The van der Waals surface area contributed by atoms with Crippen LogP contribution in [0.3, 0.4) is 0 Å². The van der Waals surface area contributed by atoms with Gasteiger partial charge in [0.1, 0.15) is 5.82 Å². The molecule has 0 saturated carbocycles. The highest BCUT2D eigenvalue weighted by Gasteiger charge is 2.04. The molecule has 17 heavy (non-hydrogen) atoms. The number of nitrogens with one attached hydrogen (secondary N) is 1. The van der Waals surface area contributed by atoms with Crippen molar-refractivity contribution in [3.05, 3.63) is 25.9 Å². The van der Waals surface area contributed by atoms with Crippen LogP contribution < -0.4 is 10.9 Å². The van der Waals surface area contributed by atoms with Crippen molar-refractivity contribution in [2.45, 2.75) is 13.5 Å². The molecule has 0 aliphatic carbocycles. The van der Waals surface area contributed by atoms with E-state index in [9.17, 15) is 4.79 Å². The molecular weight excluding hydrogens is 331 g/mol. The quantitative estimate of drug-likeness (QED) is 0.593. The Morgan fingerprint density at radius 2 is 2.18 bits per heavy atom. The zero-order chi connectivity index (χ0) is 12.8. The van der Waals surface area contributed by atoms with Crippen molar-refractivity contribution in [3.8, 4) is 0 Å². The van der Waals surface area contributed by atoms with E-state index in [0.717, 1.165) is 25.5 Å². The predicted molar refractivity (Wildman–Crippen MR) is 77.4 cm³/mol. The maximum atomic E-state index is 11.8. The molecule has 0 amide bonds. The van der Waals surface area contributed by atoms with Gasteiger partial charge in [0.2, 0.25) is 0 Å². The standard InChI is InChI=1S/C11H19IN4O/c1-9-14-8-10(12)11(17)16(9)7-5-13-4-6-15(2)3/h8,13H,4-7H2,1-3H3. The molecule has 5 nitrogen and oxygen atoms in total. The summed E-state index contributed by atoms with van der Waals surface area (Å²) in [6, 6.07) is 0. The van der Waals surface area contributed by atoms with E-state index in [0.29, 0.717) is 10.1 Å². The summed E-state index contributed by atoms with van der Waals surface area (Å²) in [6.45, 7) is 5.24. The van der Waals surface area contributed by atoms with Gasteiger partial charge in [-0.3, -0.25) is 9.36 Å². The number of aryl methyl sites for hydroxylation is 1. The maximum Gasteiger partial charge on any atom is 0.266 e. The minimum absolute atomic E-state index is 0.0486. The van der Waals surface area contributed by atoms with Gasteiger partial charge >= 0.3 is 0 Å². The van der Waals surface area contributed by atoms with E-state index in [2.05, 4.69) is 15.2 Å². The van der Waals surface area contributed by atoms with E-state index in [-0.39, 0.29) is 5.56 Å². The molecule has 0 atom stereocenters. The zero-order valence-electron chi connectivity index (χ0n) is 10.5. The predicted octanol–water partition coefficient (Wildman–Crippen LogP) is 0.308. The van der Waals surface area contributed by atoms with Gasteiger partial charge in [0.15, 0.2) is 0 Å². The van der Waals surface area contributed by atoms with Crippen molar-refractivity contribution < 1.29 is 0 Å². The van der Waals surface area contributed by atoms with E-state index in [1.165, 1.54) is 0 Å². The van der Waals surface area contributed by atoms with Crippen LogP contribution >= 0.6 is 22.6 Å². The zero-order valence-corrected chi connectivity index (χ0v) is 12.7. The molecule has 1 N–H and O–H groups in total. The lowest BCUT2D eigenvalue weighted by Crippen LogP contribution is -2.33. The molecule has 1 aromatic rings. The van der Waals surface area contributed by atoms with Crippen LogP contribution in [0.4, 0.5) is 0 Å². The molecule has 0 fully saturated rings. The summed E-state index contributed by atoms with van der Waals surface area (Å²) in [4.78, 5) is 18.1. The Morgan fingerprint density at radius 1 is 1.47 bits per heavy atom. The normalized spacial score (nSPS) is 11.1. The van der Waals surface area contributed by atoms with Crippen LogP contribution in [-0.2, 0) is 6.54 Å². The van der Waals surface area contributed by atoms with Gasteiger partial charge in [0.25, 0.3) is 5.56 Å². The first kappa shape index (κ1) is 14.6. The molecule has 0 aliphatic heterocycles. The monoisotopic (exact) mass is 350 g/mol. The van der Waals surface area contributed by atoms with Crippen LogP contribution in [0.25, 0.3) is 0 Å². The SMILES string of the molecule is Cc1ncc(I)c(=O)n1CCNCCN(C)C. The largest absolute Gasteiger partial charge is 0.314 e. The van der Waals surface area contributed by atoms with Crippen LogP contribution in [0.1, 0.15) is 5.82 Å². The fourth-order valence-corrected chi connectivity index (χ4v) is 1.86. The third-order valence-corrected chi connectivity index (χ3v) is 3.19. The van der Waals surface area contributed by atoms with E-state index in [1.807, 2.05) is 43.6 Å². The van der Waals surface area contributed by atoms with E-state index < -0.39 is 0 Å². The summed E-state index contributed by atoms with van der Waals surface area (Å²) in [5.41, 5.74) is 0.0486. The third kappa shape index (κ3) is 4.72. The third-order valence-electron chi connectivity index (χ3n) is 2.45. The van der Waals surface area contributed by atoms with Gasteiger partial charge in [0.05, 0.1) is 3.57 Å². The topological polar surface area (TPSA) is 50.2 Å². The second kappa shape index (κ2) is 7.07. The Hall–Kier alpha value is -0.470. The van der Waals surface area contributed by atoms with Crippen molar-refractivity contribution in [2.75, 3.05) is 33.7 Å². The van der Waals surface area contributed by atoms with Gasteiger partial charge in [-0.1, -0.05) is 0 Å². The molecule has 0 aromatic carbocycles. The summed E-state index contributed by atoms with van der Waals surface area (Å²) in [5, 5.41) is 3.31. The Bertz CT molecular complexity index is 416. The number of rotatable bonds is 6. The Balaban J connectivity index is 2.47. The highest BCUT2D eigenvalue weighted by Crippen LogP contribution is 1.96. The van der Waals surface area contributed by atoms with Crippen molar-refractivity contribution in [3.63, 3.8) is 0 Å². The van der Waals surface area contributed by atoms with Crippen LogP contribution in [0.2, 0.25) is 0 Å². The Labute approximate surface area is 115 Å². The molecule has 1 rings (SSSR count). The van der Waals surface area contributed by atoms with Gasteiger partial charge in [-0.25, -0.2) is 4.98 Å². The van der Waals surface area contributed by atoms with Crippen LogP contribution in [0.15, 0.2) is 11.0 Å². The van der Waals surface area contributed by atoms with Crippen molar-refractivity contribution in [1.29, 1.82) is 0 Å². The Morgan fingerprint density at radius 3 is 2.82 bits per heavy atom. The maximum absolute atomic E-state index is 11.8. The number of hydrogen-bond donors (Lipinski definition) is 1. The second-order valence-electron chi connectivity index (χ2n) is 4.16. The van der Waals surface area contributed by atoms with E-state index in [1.54, 1.807) is 10.8 Å². The number of nitrogens with zero attached hydrogens (tertiary/aromatic N) is 3. The first-order valence-corrected chi connectivity index (χ1v) is 6.67. The average Bonchev–Trinajstić information content (AvgIpc) is 2.27. The van der Waals surface area contributed by atoms with Gasteiger partial charge in [0, 0.05) is 32.4 Å². The summed E-state index contributed by atoms with van der Waals surface area (Å²) < 4.78 is 2.38. The lowest BCUT2D eigenvalue weighted by molar-refractivity contribution is 0.397. The summed E-state index contributed by atoms with van der Waals surface area (Å²) in [6.07, 6.45) is 1.62. The van der Waals surface area contributed by atoms with Crippen molar-refractivity contribution >= 4 is 22.6 Å². The van der Waals surface area contributed by atoms with E-state index in [4.69, 9.17) is 0 Å². The fourth-order valence-electron chi connectivity index (χ4n) is 1.43. The van der Waals surface area contributed by atoms with Crippen LogP contribution in [0.5, 0.6) is 0 Å². The molecule has 0 aliphatic rings. The molecule has 0 unspecified atom stereocenters. The highest BCUT2D eigenvalue weighted by atomic mass is 127. The second-order valence-corrected chi connectivity index (χ2v) is 5.33. The summed E-state index contributed by atoms with van der Waals surface area (Å²) in [7, 11) is 4.08. The average molecular weight is 350 g/mol. The van der Waals surface area contributed by atoms with Crippen LogP contribution in [0, 0.1) is 10.5 Å². The fraction of sp³-hybridized carbons (Fsp3) is 0.636. The Kier molecular flexibility index (Phi) is 6.07. The summed E-state index contributed by atoms with van der Waals surface area (Å²) in [5.74, 6) is 0.768. The van der Waals surface area contributed by atoms with Crippen LogP contribution in [-0.4, -0.2) is 48.2 Å². The lowest BCUT2D eigenvalue weighted by Gasteiger charge is -2.12. The summed E-state index contributed by atoms with van der Waals surface area (Å²) >= 11 is 2.02. The minimum Gasteiger partial charge on any atom is -0.314 e. The molecule has 1 aromatic heterocycles. The number of hydrogen-bond acceptors (Lipinski definition) is 4. The smallest absolute Gasteiger partial charge is 0.266 e. The van der Waals surface area contributed by atoms with Gasteiger partial charge < -0.3 is 10.2 Å². The molecule has 0 spiro atoms. The first-order chi connectivity index (χ1) is 8.02. The lowest BCUT2D eigenvalue weighted by atomic mass is 10.5. The molecule has 0 radical (unpaired) electrons. The van der Waals surface area contributed by atoms with Crippen molar-refractivity contribution in [2.24, 2.45) is 0 Å². The number of likely N-dealkylation sites (N-methyl/N-ethyl adjacent to an activating group) is 1. The molecular formula is C11H19IN4O. The molecule has 0 bridgehead atoms.